The van der Waals surface area contributed by atoms with Crippen LogP contribution >= 0.6 is 0 Å². The first-order valence-electron chi connectivity index (χ1n) is 6.12. The van der Waals surface area contributed by atoms with Crippen LogP contribution in [-0.2, 0) is 12.8 Å². The van der Waals surface area contributed by atoms with Gasteiger partial charge in [-0.1, -0.05) is 36.9 Å². The summed E-state index contributed by atoms with van der Waals surface area (Å²) < 4.78 is 5.77. The second kappa shape index (κ2) is 4.30. The third-order valence-electron chi connectivity index (χ3n) is 3.30. The van der Waals surface area contributed by atoms with Gasteiger partial charge in [0, 0.05) is 12.8 Å². The number of fused-ring (bicyclic) bond motifs is 1. The van der Waals surface area contributed by atoms with E-state index in [2.05, 4.69) is 18.7 Å². The molecule has 3 rings (SSSR count). The molecule has 0 saturated carbocycles. The first-order valence-corrected chi connectivity index (χ1v) is 6.12. The molecule has 0 fully saturated rings. The van der Waals surface area contributed by atoms with Gasteiger partial charge in [0.05, 0.1) is 5.56 Å². The standard InChI is InChI=1S/C16H14O2/c1-11-7-8-15-14(16(11)17)10-13(18-15)9-12-5-3-2-4-6-12/h2-6,10H,1,7-9H2. The zero-order chi connectivity index (χ0) is 12.5. The molecule has 0 amide bonds. The maximum Gasteiger partial charge on any atom is 0.191 e. The Labute approximate surface area is 106 Å². The van der Waals surface area contributed by atoms with Crippen LogP contribution in [0.2, 0.25) is 0 Å². The van der Waals surface area contributed by atoms with E-state index in [9.17, 15) is 4.79 Å². The summed E-state index contributed by atoms with van der Waals surface area (Å²) in [6.45, 7) is 3.80. The van der Waals surface area contributed by atoms with E-state index in [1.165, 1.54) is 5.56 Å². The topological polar surface area (TPSA) is 30.2 Å². The molecule has 1 aliphatic carbocycles. The van der Waals surface area contributed by atoms with Crippen LogP contribution in [0.1, 0.15) is 33.9 Å². The molecule has 2 nitrogen and oxygen atoms in total. The summed E-state index contributed by atoms with van der Waals surface area (Å²) in [5.41, 5.74) is 2.58. The van der Waals surface area contributed by atoms with E-state index in [0.717, 1.165) is 24.4 Å². The quantitative estimate of drug-likeness (QED) is 0.749. The van der Waals surface area contributed by atoms with Crippen molar-refractivity contribution in [2.75, 3.05) is 0 Å². The highest BCUT2D eigenvalue weighted by atomic mass is 16.3. The van der Waals surface area contributed by atoms with Gasteiger partial charge in [-0.3, -0.25) is 4.79 Å². The van der Waals surface area contributed by atoms with Gasteiger partial charge in [-0.05, 0) is 23.6 Å². The molecule has 2 heteroatoms. The zero-order valence-electron chi connectivity index (χ0n) is 10.1. The molecule has 1 heterocycles. The number of hydrogen-bond acceptors (Lipinski definition) is 2. The van der Waals surface area contributed by atoms with E-state index in [-0.39, 0.29) is 5.78 Å². The molecule has 0 radical (unpaired) electrons. The highest BCUT2D eigenvalue weighted by molar-refractivity contribution is 6.10. The Morgan fingerprint density at radius 3 is 2.72 bits per heavy atom. The molecule has 1 aromatic heterocycles. The van der Waals surface area contributed by atoms with E-state index in [1.54, 1.807) is 0 Å². The number of ketones is 1. The van der Waals surface area contributed by atoms with Crippen LogP contribution in [0.15, 0.2) is 53.0 Å². The Kier molecular flexibility index (Phi) is 2.63. The largest absolute Gasteiger partial charge is 0.465 e. The van der Waals surface area contributed by atoms with Crippen LogP contribution < -0.4 is 0 Å². The minimum Gasteiger partial charge on any atom is -0.465 e. The van der Waals surface area contributed by atoms with E-state index in [1.807, 2.05) is 24.3 Å². The van der Waals surface area contributed by atoms with Crippen molar-refractivity contribution in [3.63, 3.8) is 0 Å². The Morgan fingerprint density at radius 2 is 1.94 bits per heavy atom. The van der Waals surface area contributed by atoms with Crippen molar-refractivity contribution in [1.29, 1.82) is 0 Å². The first kappa shape index (κ1) is 11.0. The summed E-state index contributed by atoms with van der Waals surface area (Å²) in [6, 6.07) is 12.0. The van der Waals surface area contributed by atoms with Crippen LogP contribution in [-0.4, -0.2) is 5.78 Å². The normalized spacial score (nSPS) is 14.7. The molecular weight excluding hydrogens is 224 g/mol. The van der Waals surface area contributed by atoms with Gasteiger partial charge in [-0.2, -0.15) is 0 Å². The second-order valence-electron chi connectivity index (χ2n) is 4.64. The molecule has 0 N–H and O–H groups in total. The Hall–Kier alpha value is -2.09. The fourth-order valence-corrected chi connectivity index (χ4v) is 2.31. The predicted octanol–water partition coefficient (Wildman–Crippen LogP) is 3.56. The fraction of sp³-hybridized carbons (Fsp3) is 0.188. The summed E-state index contributed by atoms with van der Waals surface area (Å²) in [5, 5.41) is 0. The minimum absolute atomic E-state index is 0.0410. The Morgan fingerprint density at radius 1 is 1.17 bits per heavy atom. The minimum atomic E-state index is 0.0410. The van der Waals surface area contributed by atoms with Gasteiger partial charge in [-0.25, -0.2) is 0 Å². The lowest BCUT2D eigenvalue weighted by Gasteiger charge is -2.09. The SMILES string of the molecule is C=C1CCc2oc(Cc3ccccc3)cc2C1=O. The third kappa shape index (κ3) is 1.90. The van der Waals surface area contributed by atoms with E-state index >= 15 is 0 Å². The lowest BCUT2D eigenvalue weighted by Crippen LogP contribution is -2.10. The lowest BCUT2D eigenvalue weighted by atomic mass is 9.93. The number of hydrogen-bond donors (Lipinski definition) is 0. The van der Waals surface area contributed by atoms with Crippen LogP contribution in [0.5, 0.6) is 0 Å². The highest BCUT2D eigenvalue weighted by Gasteiger charge is 2.24. The second-order valence-corrected chi connectivity index (χ2v) is 4.64. The maximum absolute atomic E-state index is 11.9. The van der Waals surface area contributed by atoms with Gasteiger partial charge in [0.15, 0.2) is 5.78 Å². The molecular formula is C16H14O2. The monoisotopic (exact) mass is 238 g/mol. The van der Waals surface area contributed by atoms with E-state index < -0.39 is 0 Å². The average molecular weight is 238 g/mol. The molecule has 1 aliphatic rings. The number of furan rings is 1. The zero-order valence-corrected chi connectivity index (χ0v) is 10.1. The molecule has 90 valence electrons. The summed E-state index contributed by atoms with van der Waals surface area (Å²) in [4.78, 5) is 11.9. The third-order valence-corrected chi connectivity index (χ3v) is 3.30. The number of carbonyl (C=O) groups excluding carboxylic acids is 1. The van der Waals surface area contributed by atoms with Gasteiger partial charge < -0.3 is 4.42 Å². The Bertz CT molecular complexity index is 605. The maximum atomic E-state index is 11.9. The molecule has 18 heavy (non-hydrogen) atoms. The van der Waals surface area contributed by atoms with Crippen LogP contribution in [0.3, 0.4) is 0 Å². The van der Waals surface area contributed by atoms with E-state index in [0.29, 0.717) is 17.6 Å². The van der Waals surface area contributed by atoms with Crippen molar-refractivity contribution >= 4 is 5.78 Å². The molecule has 0 bridgehead atoms. The lowest BCUT2D eigenvalue weighted by molar-refractivity contribution is 0.102. The number of rotatable bonds is 2. The van der Waals surface area contributed by atoms with Crippen LogP contribution in [0.4, 0.5) is 0 Å². The molecule has 0 atom stereocenters. The summed E-state index contributed by atoms with van der Waals surface area (Å²) in [5.74, 6) is 1.71. The molecule has 2 aromatic rings. The van der Waals surface area contributed by atoms with Gasteiger partial charge >= 0.3 is 0 Å². The van der Waals surface area contributed by atoms with Crippen molar-refractivity contribution in [2.24, 2.45) is 0 Å². The van der Waals surface area contributed by atoms with Gasteiger partial charge in [0.2, 0.25) is 0 Å². The number of aryl methyl sites for hydroxylation is 1. The first-order chi connectivity index (χ1) is 8.74. The number of Topliss-reactive ketones (excluding diaryl/α,β-unsaturated/α-hetero) is 1. The smallest absolute Gasteiger partial charge is 0.191 e. The number of carbonyl (C=O) groups is 1. The summed E-state index contributed by atoms with van der Waals surface area (Å²) in [7, 11) is 0. The van der Waals surface area contributed by atoms with Crippen molar-refractivity contribution in [1.82, 2.24) is 0 Å². The van der Waals surface area contributed by atoms with Crippen LogP contribution in [0, 0.1) is 0 Å². The highest BCUT2D eigenvalue weighted by Crippen LogP contribution is 2.28. The van der Waals surface area contributed by atoms with Gasteiger partial charge in [0.25, 0.3) is 0 Å². The van der Waals surface area contributed by atoms with Crippen molar-refractivity contribution in [2.45, 2.75) is 19.3 Å². The average Bonchev–Trinajstić information content (AvgIpc) is 2.79. The predicted molar refractivity (Wildman–Crippen MR) is 69.7 cm³/mol. The van der Waals surface area contributed by atoms with Crippen molar-refractivity contribution in [3.05, 3.63) is 71.2 Å². The molecule has 0 aliphatic heterocycles. The fourth-order valence-electron chi connectivity index (χ4n) is 2.31. The van der Waals surface area contributed by atoms with Crippen molar-refractivity contribution in [3.8, 4) is 0 Å². The Balaban J connectivity index is 1.90. The molecule has 0 saturated heterocycles. The molecule has 1 aromatic carbocycles. The molecule has 0 unspecified atom stereocenters. The van der Waals surface area contributed by atoms with Gasteiger partial charge in [-0.15, -0.1) is 0 Å². The van der Waals surface area contributed by atoms with E-state index in [4.69, 9.17) is 4.42 Å². The van der Waals surface area contributed by atoms with Crippen molar-refractivity contribution < 1.29 is 9.21 Å². The van der Waals surface area contributed by atoms with Crippen LogP contribution in [0.25, 0.3) is 0 Å². The summed E-state index contributed by atoms with van der Waals surface area (Å²) in [6.07, 6.45) is 2.23. The number of benzene rings is 1. The number of allylic oxidation sites excluding steroid dienone is 1. The summed E-state index contributed by atoms with van der Waals surface area (Å²) >= 11 is 0. The van der Waals surface area contributed by atoms with Gasteiger partial charge in [0.1, 0.15) is 11.5 Å². The molecule has 0 spiro atoms.